The maximum Gasteiger partial charge on any atom is 0.321 e. The normalized spacial score (nSPS) is 19.6. The van der Waals surface area contributed by atoms with Crippen LogP contribution >= 0.6 is 24.0 Å². The van der Waals surface area contributed by atoms with Gasteiger partial charge in [0.1, 0.15) is 0 Å². The quantitative estimate of drug-likeness (QED) is 0.273. The molecule has 1 aromatic rings. The molecule has 0 radical (unpaired) electrons. The van der Waals surface area contributed by atoms with E-state index in [1.165, 1.54) is 0 Å². The molecule has 0 saturated carbocycles. The molecule has 180 valence electrons. The van der Waals surface area contributed by atoms with Gasteiger partial charge in [-0.2, -0.15) is 0 Å². The van der Waals surface area contributed by atoms with E-state index in [1.807, 2.05) is 29.2 Å². The van der Waals surface area contributed by atoms with Crippen molar-refractivity contribution < 1.29 is 9.53 Å². The first-order valence-corrected chi connectivity index (χ1v) is 11.5. The number of carbonyl (C=O) groups is 1. The Morgan fingerprint density at radius 3 is 2.72 bits per heavy atom. The molecule has 2 heterocycles. The smallest absolute Gasteiger partial charge is 0.321 e. The number of aliphatic imine (C=N–C) groups is 1. The Morgan fingerprint density at radius 1 is 1.22 bits per heavy atom. The average molecular weight is 559 g/mol. The van der Waals surface area contributed by atoms with E-state index >= 15 is 0 Å². The Bertz CT molecular complexity index is 739. The maximum atomic E-state index is 12.3. The largest absolute Gasteiger partial charge is 0.374 e. The second-order valence-electron chi connectivity index (χ2n) is 8.78. The summed E-state index contributed by atoms with van der Waals surface area (Å²) in [6, 6.07) is 7.92. The minimum Gasteiger partial charge on any atom is -0.374 e. The number of amides is 2. The van der Waals surface area contributed by atoms with E-state index in [4.69, 9.17) is 4.74 Å². The highest BCUT2D eigenvalue weighted by molar-refractivity contribution is 14.0. The highest BCUT2D eigenvalue weighted by Crippen LogP contribution is 2.14. The molecular weight excluding hydrogens is 519 g/mol. The van der Waals surface area contributed by atoms with E-state index < -0.39 is 0 Å². The molecule has 32 heavy (non-hydrogen) atoms. The molecule has 3 N–H and O–H groups in total. The summed E-state index contributed by atoms with van der Waals surface area (Å²) in [5.74, 6) is 1.41. The van der Waals surface area contributed by atoms with Gasteiger partial charge >= 0.3 is 6.03 Å². The van der Waals surface area contributed by atoms with E-state index in [1.54, 1.807) is 7.05 Å². The fraction of sp³-hybridized carbons (Fsp3) is 0.652. The molecule has 2 aliphatic rings. The molecule has 2 fully saturated rings. The lowest BCUT2D eigenvalue weighted by molar-refractivity contribution is -0.0284. The van der Waals surface area contributed by atoms with Gasteiger partial charge in [-0.15, -0.1) is 24.0 Å². The molecule has 1 aromatic carbocycles. The number of benzene rings is 1. The van der Waals surface area contributed by atoms with Crippen molar-refractivity contribution in [3.63, 3.8) is 0 Å². The van der Waals surface area contributed by atoms with Crippen molar-refractivity contribution in [1.82, 2.24) is 20.4 Å². The lowest BCUT2D eigenvalue weighted by Gasteiger charge is -2.34. The summed E-state index contributed by atoms with van der Waals surface area (Å²) in [5, 5.41) is 9.73. The third-order valence-electron chi connectivity index (χ3n) is 5.60. The highest BCUT2D eigenvalue weighted by atomic mass is 127. The molecule has 1 atom stereocenters. The Labute approximate surface area is 209 Å². The minimum atomic E-state index is -0.0147. The number of morpholine rings is 1. The van der Waals surface area contributed by atoms with Gasteiger partial charge in [-0.1, -0.05) is 26.0 Å². The Balaban J connectivity index is 0.00000363. The molecular formula is C23H39IN6O2. The molecule has 2 saturated heterocycles. The van der Waals surface area contributed by atoms with Gasteiger partial charge in [-0.3, -0.25) is 9.89 Å². The van der Waals surface area contributed by atoms with Crippen LogP contribution in [0, 0.1) is 5.92 Å². The van der Waals surface area contributed by atoms with Crippen LogP contribution in [-0.2, 0) is 11.3 Å². The van der Waals surface area contributed by atoms with Crippen molar-refractivity contribution in [2.45, 2.75) is 39.3 Å². The number of guanidine groups is 1. The van der Waals surface area contributed by atoms with Gasteiger partial charge in [-0.25, -0.2) is 4.79 Å². The minimum absolute atomic E-state index is 0. The Morgan fingerprint density at radius 2 is 2.00 bits per heavy atom. The third-order valence-corrected chi connectivity index (χ3v) is 5.60. The molecule has 8 nitrogen and oxygen atoms in total. The number of rotatable bonds is 7. The summed E-state index contributed by atoms with van der Waals surface area (Å²) in [5.41, 5.74) is 1.90. The van der Waals surface area contributed by atoms with Crippen molar-refractivity contribution in [2.24, 2.45) is 10.9 Å². The van der Waals surface area contributed by atoms with Crippen LogP contribution in [0.2, 0.25) is 0 Å². The molecule has 0 bridgehead atoms. The number of urea groups is 1. The molecule has 2 aliphatic heterocycles. The molecule has 0 aromatic heterocycles. The van der Waals surface area contributed by atoms with Crippen LogP contribution in [-0.4, -0.2) is 80.8 Å². The Hall–Kier alpha value is -1.59. The van der Waals surface area contributed by atoms with Gasteiger partial charge in [0.25, 0.3) is 0 Å². The summed E-state index contributed by atoms with van der Waals surface area (Å²) in [6.07, 6.45) is 2.34. The lowest BCUT2D eigenvalue weighted by atomic mass is 10.2. The summed E-state index contributed by atoms with van der Waals surface area (Å²) >= 11 is 0. The highest BCUT2D eigenvalue weighted by Gasteiger charge is 2.21. The van der Waals surface area contributed by atoms with Gasteiger partial charge in [0, 0.05) is 58.5 Å². The second kappa shape index (κ2) is 13.8. The standard InChI is InChI=1S/C23H38N6O2.HI/c1-18(2)16-28-11-12-31-21(17-28)15-26-22(24-3)25-14-19-7-6-8-20(13-19)27-23(30)29-9-4-5-10-29;/h6-8,13,18,21H,4-5,9-12,14-17H2,1-3H3,(H,27,30)(H2,24,25,26);1H. The van der Waals surface area contributed by atoms with Crippen LogP contribution in [0.5, 0.6) is 0 Å². The van der Waals surface area contributed by atoms with E-state index in [0.717, 1.165) is 75.9 Å². The van der Waals surface area contributed by atoms with Gasteiger partial charge < -0.3 is 25.6 Å². The zero-order valence-corrected chi connectivity index (χ0v) is 21.9. The number of hydrogen-bond donors (Lipinski definition) is 3. The zero-order chi connectivity index (χ0) is 22.1. The van der Waals surface area contributed by atoms with E-state index in [2.05, 4.69) is 39.7 Å². The second-order valence-corrected chi connectivity index (χ2v) is 8.78. The summed E-state index contributed by atoms with van der Waals surface area (Å²) in [4.78, 5) is 21.0. The first kappa shape index (κ1) is 26.7. The number of ether oxygens (including phenoxy) is 1. The predicted octanol–water partition coefficient (Wildman–Crippen LogP) is 2.95. The molecule has 0 spiro atoms. The topological polar surface area (TPSA) is 81.2 Å². The van der Waals surface area contributed by atoms with E-state index in [9.17, 15) is 4.79 Å². The van der Waals surface area contributed by atoms with Crippen LogP contribution in [0.25, 0.3) is 0 Å². The predicted molar refractivity (Wildman–Crippen MR) is 141 cm³/mol. The number of hydrogen-bond acceptors (Lipinski definition) is 4. The number of nitrogens with one attached hydrogen (secondary N) is 3. The van der Waals surface area contributed by atoms with E-state index in [-0.39, 0.29) is 36.1 Å². The average Bonchev–Trinajstić information content (AvgIpc) is 3.29. The fourth-order valence-electron chi connectivity index (χ4n) is 4.08. The third kappa shape index (κ3) is 8.74. The number of nitrogens with zero attached hydrogens (tertiary/aromatic N) is 3. The molecule has 0 aliphatic carbocycles. The number of carbonyl (C=O) groups excluding carboxylic acids is 1. The fourth-order valence-corrected chi connectivity index (χ4v) is 4.08. The van der Waals surface area contributed by atoms with Crippen molar-refractivity contribution in [3.05, 3.63) is 29.8 Å². The van der Waals surface area contributed by atoms with Gasteiger partial charge in [0.15, 0.2) is 5.96 Å². The van der Waals surface area contributed by atoms with Crippen molar-refractivity contribution in [2.75, 3.05) is 58.2 Å². The molecule has 1 unspecified atom stereocenters. The zero-order valence-electron chi connectivity index (χ0n) is 19.6. The van der Waals surface area contributed by atoms with Crippen molar-refractivity contribution in [3.8, 4) is 0 Å². The first-order valence-electron chi connectivity index (χ1n) is 11.5. The van der Waals surface area contributed by atoms with Crippen molar-refractivity contribution >= 4 is 41.7 Å². The number of anilines is 1. The van der Waals surface area contributed by atoms with Gasteiger partial charge in [-0.05, 0) is 36.5 Å². The Kier molecular flexibility index (Phi) is 11.5. The monoisotopic (exact) mass is 558 g/mol. The molecule has 9 heteroatoms. The van der Waals surface area contributed by atoms with Crippen LogP contribution in [0.15, 0.2) is 29.3 Å². The number of halogens is 1. The number of likely N-dealkylation sites (tertiary alicyclic amines) is 1. The molecule has 3 rings (SSSR count). The summed E-state index contributed by atoms with van der Waals surface area (Å²) in [6.45, 7) is 11.4. The maximum absolute atomic E-state index is 12.3. The van der Waals surface area contributed by atoms with Crippen LogP contribution in [0.1, 0.15) is 32.3 Å². The summed E-state index contributed by atoms with van der Waals surface area (Å²) in [7, 11) is 1.77. The van der Waals surface area contributed by atoms with E-state index in [0.29, 0.717) is 12.5 Å². The van der Waals surface area contributed by atoms with Crippen LogP contribution in [0.4, 0.5) is 10.5 Å². The van der Waals surface area contributed by atoms with Crippen molar-refractivity contribution in [1.29, 1.82) is 0 Å². The van der Waals surface area contributed by atoms with Gasteiger partial charge in [0.05, 0.1) is 12.7 Å². The lowest BCUT2D eigenvalue weighted by Crippen LogP contribution is -2.50. The first-order chi connectivity index (χ1) is 15.0. The van der Waals surface area contributed by atoms with Crippen LogP contribution in [0.3, 0.4) is 0 Å². The molecule has 2 amide bonds. The SMILES string of the molecule is CN=C(NCc1cccc(NC(=O)N2CCCC2)c1)NCC1CN(CC(C)C)CCO1.I. The summed E-state index contributed by atoms with van der Waals surface area (Å²) < 4.78 is 5.91. The van der Waals surface area contributed by atoms with Crippen LogP contribution < -0.4 is 16.0 Å². The van der Waals surface area contributed by atoms with Gasteiger partial charge in [0.2, 0.25) is 0 Å².